The fourth-order valence-corrected chi connectivity index (χ4v) is 19.6. The third-order valence-corrected chi connectivity index (χ3v) is 22.7. The maximum Gasteiger partial charge on any atom is 0.179 e. The summed E-state index contributed by atoms with van der Waals surface area (Å²) in [5, 5.41) is 11.1. The molecule has 0 nitrogen and oxygen atoms in total. The van der Waals surface area contributed by atoms with Crippen LogP contribution < -0.4 is 41.5 Å². The van der Waals surface area contributed by atoms with Crippen molar-refractivity contribution in [2.24, 2.45) is 0 Å². The average Bonchev–Trinajstić information content (AvgIpc) is 3.32. The lowest BCUT2D eigenvalue weighted by atomic mass is 9.83. The fourth-order valence-electron chi connectivity index (χ4n) is 10.1. The molecule has 0 aromatic heterocycles. The van der Waals surface area contributed by atoms with Crippen LogP contribution in [-0.2, 0) is 0 Å². The van der Waals surface area contributed by atoms with Crippen LogP contribution in [0.2, 0.25) is 0 Å². The molecular weight excluding hydrogens is 753 g/mol. The predicted octanol–water partition coefficient (Wildman–Crippen LogP) is 9.01. The van der Waals surface area contributed by atoms with Crippen LogP contribution in [0.3, 0.4) is 0 Å². The summed E-state index contributed by atoms with van der Waals surface area (Å²) in [5.74, 6) is 0. The lowest BCUT2D eigenvalue weighted by Gasteiger charge is -2.34. The molecule has 0 aliphatic heterocycles. The van der Waals surface area contributed by atoms with Crippen LogP contribution in [0.4, 0.5) is 0 Å². The summed E-state index contributed by atoms with van der Waals surface area (Å²) < 4.78 is 0. The molecule has 9 aromatic carbocycles. The zero-order chi connectivity index (χ0) is 41.1. The number of benzene rings is 9. The van der Waals surface area contributed by atoms with Gasteiger partial charge in [-0.1, -0.05) is 231 Å². The summed E-state index contributed by atoms with van der Waals surface area (Å²) in [7, 11) is -5.21. The molecule has 0 N–H and O–H groups in total. The van der Waals surface area contributed by atoms with Crippen LogP contribution in [0.1, 0.15) is 22.3 Å². The Balaban J connectivity index is 1.15. The Kier molecular flexibility index (Phi) is 10.8. The van der Waals surface area contributed by atoms with E-state index in [2.05, 4.69) is 258 Å². The molecular formula is C58H50Si2. The smallest absolute Gasteiger partial charge is 0.0623 e. The van der Waals surface area contributed by atoms with E-state index in [1.165, 1.54) is 86.0 Å². The van der Waals surface area contributed by atoms with E-state index < -0.39 is 16.1 Å². The summed E-state index contributed by atoms with van der Waals surface area (Å²) in [6, 6.07) is 86.3. The molecule has 0 aliphatic rings. The van der Waals surface area contributed by atoms with Crippen molar-refractivity contribution < 1.29 is 0 Å². The molecule has 0 unspecified atom stereocenters. The molecule has 9 rings (SSSR count). The highest BCUT2D eigenvalue weighted by molar-refractivity contribution is 7.20. The molecule has 0 atom stereocenters. The van der Waals surface area contributed by atoms with Gasteiger partial charge in [0.15, 0.2) is 16.1 Å². The van der Waals surface area contributed by atoms with E-state index in [0.29, 0.717) is 0 Å². The van der Waals surface area contributed by atoms with E-state index in [0.717, 1.165) is 0 Å². The molecule has 0 spiro atoms. The summed E-state index contributed by atoms with van der Waals surface area (Å²) in [6.07, 6.45) is 0. The average molecular weight is 803 g/mol. The van der Waals surface area contributed by atoms with Gasteiger partial charge in [0.1, 0.15) is 0 Å². The highest BCUT2D eigenvalue weighted by atomic mass is 28.3. The molecule has 0 amide bonds. The van der Waals surface area contributed by atoms with Crippen molar-refractivity contribution in [3.63, 3.8) is 0 Å². The zero-order valence-electron chi connectivity index (χ0n) is 34.9. The Morgan fingerprint density at radius 1 is 0.200 bits per heavy atom. The first kappa shape index (κ1) is 38.9. The summed E-state index contributed by atoms with van der Waals surface area (Å²) >= 11 is 0. The van der Waals surface area contributed by atoms with Gasteiger partial charge in [0.05, 0.1) is 0 Å². The highest BCUT2D eigenvalue weighted by Crippen LogP contribution is 2.39. The van der Waals surface area contributed by atoms with Gasteiger partial charge < -0.3 is 0 Å². The van der Waals surface area contributed by atoms with Crippen LogP contribution in [0.25, 0.3) is 22.3 Å². The van der Waals surface area contributed by atoms with E-state index in [9.17, 15) is 0 Å². The van der Waals surface area contributed by atoms with Gasteiger partial charge in [-0.05, 0) is 114 Å². The van der Waals surface area contributed by atoms with Gasteiger partial charge in [-0.3, -0.25) is 0 Å². The molecule has 0 saturated heterocycles. The molecule has 0 heterocycles. The largest absolute Gasteiger partial charge is 0.179 e. The van der Waals surface area contributed by atoms with Gasteiger partial charge in [0, 0.05) is 0 Å². The fraction of sp³-hybridized carbons (Fsp3) is 0.0690. The second-order valence-corrected chi connectivity index (χ2v) is 23.7. The molecule has 0 bridgehead atoms. The monoisotopic (exact) mass is 802 g/mol. The van der Waals surface area contributed by atoms with Crippen molar-refractivity contribution in [1.29, 1.82) is 0 Å². The third kappa shape index (κ3) is 6.53. The molecule has 0 saturated carbocycles. The Hall–Kier alpha value is -6.59. The Morgan fingerprint density at radius 3 is 0.550 bits per heavy atom. The van der Waals surface area contributed by atoms with Crippen molar-refractivity contribution >= 4 is 57.6 Å². The number of rotatable bonds is 10. The molecule has 2 heteroatoms. The third-order valence-electron chi connectivity index (χ3n) is 13.1. The first-order valence-electron chi connectivity index (χ1n) is 21.1. The van der Waals surface area contributed by atoms with Gasteiger partial charge >= 0.3 is 0 Å². The maximum absolute atomic E-state index is 2.61. The molecule has 0 radical (unpaired) electrons. The maximum atomic E-state index is 2.42. The molecule has 0 fully saturated rings. The first-order chi connectivity index (χ1) is 29.5. The quantitative estimate of drug-likeness (QED) is 0.0958. The molecule has 0 aliphatic carbocycles. The summed E-state index contributed by atoms with van der Waals surface area (Å²) in [6.45, 7) is 9.27. The minimum atomic E-state index is -2.61. The highest BCUT2D eigenvalue weighted by Gasteiger charge is 2.42. The second kappa shape index (κ2) is 16.6. The van der Waals surface area contributed by atoms with E-state index in [-0.39, 0.29) is 0 Å². The predicted molar refractivity (Wildman–Crippen MR) is 263 cm³/mol. The topological polar surface area (TPSA) is 0 Å². The normalized spacial score (nSPS) is 11.7. The van der Waals surface area contributed by atoms with Crippen molar-refractivity contribution in [3.8, 4) is 22.3 Å². The minimum absolute atomic E-state index is 1.27. The van der Waals surface area contributed by atoms with Crippen LogP contribution in [0.15, 0.2) is 231 Å². The van der Waals surface area contributed by atoms with Gasteiger partial charge in [-0.2, -0.15) is 0 Å². The van der Waals surface area contributed by atoms with Crippen molar-refractivity contribution in [1.82, 2.24) is 0 Å². The Bertz CT molecular complexity index is 2410. The van der Waals surface area contributed by atoms with Gasteiger partial charge in [0.25, 0.3) is 0 Å². The Morgan fingerprint density at radius 2 is 0.367 bits per heavy atom. The molecule has 60 heavy (non-hydrogen) atoms. The summed E-state index contributed by atoms with van der Waals surface area (Å²) in [4.78, 5) is 0. The molecule has 9 aromatic rings. The van der Waals surface area contributed by atoms with Crippen LogP contribution in [0.5, 0.6) is 0 Å². The standard InChI is InChI=1S/C58H50Si2/c1-43-44(2)58(48-37-41-56(42-38-48)60(52-29-17-8-18-30-52,53-31-19-9-20-32-53)54-33-21-10-22-34-54)46(4)45(3)57(43)47-35-39-55(40-36-47)59(49-23-11-5-12-24-49,50-25-13-6-14-26-50)51-27-15-7-16-28-51/h5-42H,1-4H3. The van der Waals surface area contributed by atoms with Crippen molar-refractivity contribution in [2.45, 2.75) is 27.7 Å². The molecule has 290 valence electrons. The van der Waals surface area contributed by atoms with Crippen LogP contribution in [0, 0.1) is 27.7 Å². The van der Waals surface area contributed by atoms with E-state index in [4.69, 9.17) is 0 Å². The summed E-state index contributed by atoms with van der Waals surface area (Å²) in [5.41, 5.74) is 10.6. The lowest BCUT2D eigenvalue weighted by Crippen LogP contribution is -2.74. The lowest BCUT2D eigenvalue weighted by molar-refractivity contribution is 1.25. The van der Waals surface area contributed by atoms with E-state index >= 15 is 0 Å². The second-order valence-electron chi connectivity index (χ2n) is 16.1. The van der Waals surface area contributed by atoms with Gasteiger partial charge in [-0.15, -0.1) is 0 Å². The van der Waals surface area contributed by atoms with E-state index in [1.807, 2.05) is 0 Å². The SMILES string of the molecule is Cc1c(C)c(-c2ccc([Si](c3ccccc3)(c3ccccc3)c3ccccc3)cc2)c(C)c(C)c1-c1ccc([Si](c2ccccc2)(c2ccccc2)c2ccccc2)cc1. The minimum Gasteiger partial charge on any atom is -0.0623 e. The number of hydrogen-bond donors (Lipinski definition) is 0. The van der Waals surface area contributed by atoms with Crippen LogP contribution >= 0.6 is 0 Å². The van der Waals surface area contributed by atoms with Crippen LogP contribution in [-0.4, -0.2) is 16.1 Å². The number of hydrogen-bond acceptors (Lipinski definition) is 0. The van der Waals surface area contributed by atoms with Gasteiger partial charge in [0.2, 0.25) is 0 Å². The first-order valence-corrected chi connectivity index (χ1v) is 25.1. The van der Waals surface area contributed by atoms with Crippen molar-refractivity contribution in [2.75, 3.05) is 0 Å². The van der Waals surface area contributed by atoms with Gasteiger partial charge in [-0.25, -0.2) is 0 Å². The zero-order valence-corrected chi connectivity index (χ0v) is 36.9. The van der Waals surface area contributed by atoms with Crippen molar-refractivity contribution in [3.05, 3.63) is 253 Å². The Labute approximate surface area is 358 Å². The van der Waals surface area contributed by atoms with E-state index in [1.54, 1.807) is 0 Å².